The number of nitrogens with zero attached hydrogens (tertiary/aromatic N) is 3. The fourth-order valence-corrected chi connectivity index (χ4v) is 5.03. The van der Waals surface area contributed by atoms with E-state index in [1.807, 2.05) is 53.4 Å². The summed E-state index contributed by atoms with van der Waals surface area (Å²) in [5.74, 6) is -0.532. The minimum atomic E-state index is -0.486. The zero-order chi connectivity index (χ0) is 24.8. The van der Waals surface area contributed by atoms with Crippen LogP contribution in [0.2, 0.25) is 0 Å². The van der Waals surface area contributed by atoms with Gasteiger partial charge < -0.3 is 9.64 Å². The van der Waals surface area contributed by atoms with E-state index in [0.717, 1.165) is 24.1 Å². The van der Waals surface area contributed by atoms with Crippen LogP contribution in [0.25, 0.3) is 0 Å². The summed E-state index contributed by atoms with van der Waals surface area (Å²) in [6, 6.07) is 17.3. The van der Waals surface area contributed by atoms with Crippen molar-refractivity contribution >= 4 is 34.3 Å². The average Bonchev–Trinajstić information content (AvgIpc) is 3.45. The number of carbonyl (C=O) groups is 3. The molecule has 2 heterocycles. The summed E-state index contributed by atoms with van der Waals surface area (Å²) in [6.45, 7) is 5.46. The van der Waals surface area contributed by atoms with Gasteiger partial charge in [-0.2, -0.15) is 0 Å². The molecule has 0 saturated carbocycles. The molecule has 4 rings (SSSR count). The lowest BCUT2D eigenvalue weighted by molar-refractivity contribution is -0.128. The molecule has 7 nitrogen and oxygen atoms in total. The fourth-order valence-electron chi connectivity index (χ4n) is 4.11. The molecule has 1 aromatic heterocycles. The van der Waals surface area contributed by atoms with Gasteiger partial charge in [0, 0.05) is 36.5 Å². The van der Waals surface area contributed by atoms with Gasteiger partial charge >= 0.3 is 5.97 Å². The van der Waals surface area contributed by atoms with Crippen LogP contribution in [0.1, 0.15) is 56.6 Å². The highest BCUT2D eigenvalue weighted by Crippen LogP contribution is 2.28. The van der Waals surface area contributed by atoms with E-state index in [4.69, 9.17) is 4.74 Å². The van der Waals surface area contributed by atoms with Crippen LogP contribution in [0.3, 0.4) is 0 Å². The Kier molecular flexibility index (Phi) is 7.92. The summed E-state index contributed by atoms with van der Waals surface area (Å²) in [4.78, 5) is 46.8. The van der Waals surface area contributed by atoms with Crippen molar-refractivity contribution < 1.29 is 19.1 Å². The molecule has 1 aliphatic rings. The Morgan fingerprint density at radius 1 is 1.11 bits per heavy atom. The van der Waals surface area contributed by atoms with Gasteiger partial charge in [-0.15, -0.1) is 11.3 Å². The van der Waals surface area contributed by atoms with Crippen LogP contribution in [-0.2, 0) is 22.5 Å². The molecule has 3 aromatic rings. The molecule has 35 heavy (non-hydrogen) atoms. The number of hydrogen-bond donors (Lipinski definition) is 0. The van der Waals surface area contributed by atoms with E-state index in [-0.39, 0.29) is 24.1 Å². The quantitative estimate of drug-likeness (QED) is 0.408. The molecule has 182 valence electrons. The van der Waals surface area contributed by atoms with Crippen LogP contribution in [0.4, 0.5) is 5.13 Å². The Hall–Kier alpha value is -3.52. The first kappa shape index (κ1) is 24.6. The SMILES string of the molecule is CCOC(=O)c1nc(N(CCc2ccccc2)C(=O)c2cccc(CN3CCCC3=O)c2)sc1C. The summed E-state index contributed by atoms with van der Waals surface area (Å²) < 4.78 is 5.13. The molecule has 1 saturated heterocycles. The highest BCUT2D eigenvalue weighted by Gasteiger charge is 2.26. The highest BCUT2D eigenvalue weighted by molar-refractivity contribution is 7.16. The maximum absolute atomic E-state index is 13.7. The number of rotatable bonds is 9. The van der Waals surface area contributed by atoms with Crippen molar-refractivity contribution in [3.63, 3.8) is 0 Å². The summed E-state index contributed by atoms with van der Waals surface area (Å²) in [5.41, 5.74) is 2.78. The molecule has 8 heteroatoms. The average molecular weight is 492 g/mol. The normalized spacial score (nSPS) is 13.2. The maximum Gasteiger partial charge on any atom is 0.358 e. The van der Waals surface area contributed by atoms with Gasteiger partial charge in [-0.05, 0) is 49.9 Å². The second-order valence-electron chi connectivity index (χ2n) is 8.43. The van der Waals surface area contributed by atoms with E-state index >= 15 is 0 Å². The molecular formula is C27H29N3O4S. The molecule has 0 bridgehead atoms. The lowest BCUT2D eigenvalue weighted by Crippen LogP contribution is -2.33. The number of likely N-dealkylation sites (tertiary alicyclic amines) is 1. The van der Waals surface area contributed by atoms with Crippen LogP contribution < -0.4 is 4.90 Å². The van der Waals surface area contributed by atoms with Crippen LogP contribution >= 0.6 is 11.3 Å². The predicted molar refractivity (Wildman–Crippen MR) is 136 cm³/mol. The van der Waals surface area contributed by atoms with Crippen molar-refractivity contribution in [3.05, 3.63) is 81.9 Å². The first-order chi connectivity index (χ1) is 17.0. The Labute approximate surface area is 209 Å². The molecule has 0 atom stereocenters. The summed E-state index contributed by atoms with van der Waals surface area (Å²) >= 11 is 1.31. The van der Waals surface area contributed by atoms with E-state index in [9.17, 15) is 14.4 Å². The second kappa shape index (κ2) is 11.3. The van der Waals surface area contributed by atoms with Crippen LogP contribution in [0.5, 0.6) is 0 Å². The maximum atomic E-state index is 13.7. The van der Waals surface area contributed by atoms with Crippen molar-refractivity contribution in [2.24, 2.45) is 0 Å². The zero-order valence-corrected chi connectivity index (χ0v) is 20.8. The third-order valence-corrected chi connectivity index (χ3v) is 6.91. The third-order valence-electron chi connectivity index (χ3n) is 5.92. The van der Waals surface area contributed by atoms with Crippen molar-refractivity contribution in [2.75, 3.05) is 24.6 Å². The van der Waals surface area contributed by atoms with E-state index in [1.165, 1.54) is 11.3 Å². The zero-order valence-electron chi connectivity index (χ0n) is 20.0. The number of amides is 2. The van der Waals surface area contributed by atoms with Crippen LogP contribution in [-0.4, -0.2) is 47.4 Å². The van der Waals surface area contributed by atoms with Gasteiger partial charge in [-0.1, -0.05) is 42.5 Å². The molecule has 0 unspecified atom stereocenters. The van der Waals surface area contributed by atoms with E-state index in [0.29, 0.717) is 41.5 Å². The molecule has 0 aliphatic carbocycles. The van der Waals surface area contributed by atoms with Gasteiger partial charge in [0.25, 0.3) is 5.91 Å². The van der Waals surface area contributed by atoms with Crippen molar-refractivity contribution in [3.8, 4) is 0 Å². The first-order valence-electron chi connectivity index (χ1n) is 11.8. The molecule has 0 spiro atoms. The van der Waals surface area contributed by atoms with Gasteiger partial charge in [0.1, 0.15) is 0 Å². The van der Waals surface area contributed by atoms with E-state index < -0.39 is 5.97 Å². The third kappa shape index (κ3) is 5.95. The summed E-state index contributed by atoms with van der Waals surface area (Å²) in [7, 11) is 0. The van der Waals surface area contributed by atoms with Gasteiger partial charge in [-0.25, -0.2) is 9.78 Å². The molecule has 0 N–H and O–H groups in total. The second-order valence-corrected chi connectivity index (χ2v) is 9.61. The molecular weight excluding hydrogens is 462 g/mol. The Morgan fingerprint density at radius 2 is 1.89 bits per heavy atom. The van der Waals surface area contributed by atoms with Crippen molar-refractivity contribution in [1.29, 1.82) is 0 Å². The van der Waals surface area contributed by atoms with Gasteiger partial charge in [-0.3, -0.25) is 14.5 Å². The number of benzene rings is 2. The Bertz CT molecular complexity index is 1210. The largest absolute Gasteiger partial charge is 0.461 e. The van der Waals surface area contributed by atoms with E-state index in [2.05, 4.69) is 4.98 Å². The Morgan fingerprint density at radius 3 is 2.60 bits per heavy atom. The first-order valence-corrected chi connectivity index (χ1v) is 12.6. The molecule has 2 amide bonds. The minimum Gasteiger partial charge on any atom is -0.461 e. The number of aromatic nitrogens is 1. The lowest BCUT2D eigenvalue weighted by Gasteiger charge is -2.21. The number of thiazole rings is 1. The highest BCUT2D eigenvalue weighted by atomic mass is 32.1. The minimum absolute atomic E-state index is 0.149. The number of aryl methyl sites for hydroxylation is 1. The summed E-state index contributed by atoms with van der Waals surface area (Å²) in [6.07, 6.45) is 2.09. The summed E-state index contributed by atoms with van der Waals surface area (Å²) in [5, 5.41) is 0.464. The smallest absolute Gasteiger partial charge is 0.358 e. The van der Waals surface area contributed by atoms with Gasteiger partial charge in [0.05, 0.1) is 6.61 Å². The van der Waals surface area contributed by atoms with Crippen molar-refractivity contribution in [2.45, 2.75) is 39.7 Å². The van der Waals surface area contributed by atoms with Crippen molar-refractivity contribution in [1.82, 2.24) is 9.88 Å². The van der Waals surface area contributed by atoms with Crippen LogP contribution in [0.15, 0.2) is 54.6 Å². The van der Waals surface area contributed by atoms with Crippen LogP contribution in [0, 0.1) is 6.92 Å². The number of hydrogen-bond acceptors (Lipinski definition) is 6. The molecule has 0 radical (unpaired) electrons. The molecule has 1 fully saturated rings. The van der Waals surface area contributed by atoms with Gasteiger partial charge in [0.2, 0.25) is 5.91 Å². The predicted octanol–water partition coefficient (Wildman–Crippen LogP) is 4.64. The van der Waals surface area contributed by atoms with Gasteiger partial charge in [0.15, 0.2) is 10.8 Å². The number of ether oxygens (including phenoxy) is 1. The number of anilines is 1. The van der Waals surface area contributed by atoms with E-state index in [1.54, 1.807) is 24.8 Å². The Balaban J connectivity index is 1.61. The lowest BCUT2D eigenvalue weighted by atomic mass is 10.1. The standard InChI is InChI=1S/C27H29N3O4S/c1-3-34-26(33)24-19(2)35-27(28-24)30(16-14-20-9-5-4-6-10-20)25(32)22-12-7-11-21(17-22)18-29-15-8-13-23(29)31/h4-7,9-12,17H,3,8,13-16,18H2,1-2H3. The molecule has 2 aromatic carbocycles. The number of carbonyl (C=O) groups excluding carboxylic acids is 3. The number of esters is 1. The fraction of sp³-hybridized carbons (Fsp3) is 0.333. The monoisotopic (exact) mass is 491 g/mol. The molecule has 1 aliphatic heterocycles. The topological polar surface area (TPSA) is 79.8 Å².